The van der Waals surface area contributed by atoms with Crippen molar-refractivity contribution < 1.29 is 9.59 Å². The average Bonchev–Trinajstić information content (AvgIpc) is 2.98. The van der Waals surface area contributed by atoms with Crippen molar-refractivity contribution >= 4 is 22.7 Å². The predicted octanol–water partition coefficient (Wildman–Crippen LogP) is 2.35. The van der Waals surface area contributed by atoms with Gasteiger partial charge in [-0.1, -0.05) is 18.2 Å². The molecule has 4 bridgehead atoms. The lowest BCUT2D eigenvalue weighted by Gasteiger charge is -2.64. The van der Waals surface area contributed by atoms with Crippen molar-refractivity contribution in [2.24, 2.45) is 28.2 Å². The molecule has 1 aromatic carbocycles. The minimum absolute atomic E-state index is 0.206. The normalized spacial score (nSPS) is 39.0. The maximum absolute atomic E-state index is 12.4. The second-order valence-corrected chi connectivity index (χ2v) is 8.85. The highest BCUT2D eigenvalue weighted by Crippen LogP contribution is 2.69. The Bertz CT molecular complexity index is 852. The number of amides is 2. The van der Waals surface area contributed by atoms with Crippen LogP contribution in [0.5, 0.6) is 0 Å². The Balaban J connectivity index is 1.70. The van der Waals surface area contributed by atoms with Gasteiger partial charge in [-0.25, -0.2) is 0 Å². The van der Waals surface area contributed by atoms with E-state index < -0.39 is 10.8 Å². The molecule has 2 atom stereocenters. The van der Waals surface area contributed by atoms with Crippen molar-refractivity contribution in [1.82, 2.24) is 4.98 Å². The Labute approximate surface area is 146 Å². The summed E-state index contributed by atoms with van der Waals surface area (Å²) in [5.41, 5.74) is 12.6. The summed E-state index contributed by atoms with van der Waals surface area (Å²) in [6, 6.07) is 10.4. The number of primary amides is 2. The van der Waals surface area contributed by atoms with Crippen molar-refractivity contribution in [3.63, 3.8) is 0 Å². The van der Waals surface area contributed by atoms with Crippen LogP contribution in [-0.4, -0.2) is 16.8 Å². The number of benzene rings is 1. The molecule has 4 aliphatic carbocycles. The third kappa shape index (κ3) is 1.84. The Morgan fingerprint density at radius 1 is 0.960 bits per heavy atom. The number of nitrogens with one attached hydrogen (secondary N) is 1. The van der Waals surface area contributed by atoms with Crippen LogP contribution in [0.25, 0.3) is 10.9 Å². The van der Waals surface area contributed by atoms with Gasteiger partial charge in [0.15, 0.2) is 0 Å². The summed E-state index contributed by atoms with van der Waals surface area (Å²) >= 11 is 0. The SMILES string of the molecule is NC(=O)C12CC3CC(C(N)=O)(C1)CC(c1cc4ccccc4[nH]1)(C3)C2. The number of aromatic nitrogens is 1. The summed E-state index contributed by atoms with van der Waals surface area (Å²) < 4.78 is 0. The summed E-state index contributed by atoms with van der Waals surface area (Å²) in [5, 5.41) is 1.16. The topological polar surface area (TPSA) is 102 Å². The van der Waals surface area contributed by atoms with Gasteiger partial charge in [0.25, 0.3) is 0 Å². The standard InChI is InChI=1S/C20H23N3O2/c21-16(24)19-7-12-6-18(9-19,10-20(8-12,11-19)17(22)25)15-5-13-3-1-2-4-14(13)23-15/h1-5,12,23H,6-11H2,(H2,21,24)(H2,22,25). The van der Waals surface area contributed by atoms with E-state index in [0.29, 0.717) is 12.3 Å². The van der Waals surface area contributed by atoms with E-state index in [9.17, 15) is 9.59 Å². The molecule has 0 saturated heterocycles. The third-order valence-electron chi connectivity index (χ3n) is 7.22. The van der Waals surface area contributed by atoms with Crippen molar-refractivity contribution in [3.05, 3.63) is 36.0 Å². The van der Waals surface area contributed by atoms with Crippen molar-refractivity contribution in [3.8, 4) is 0 Å². The molecule has 2 aromatic rings. The number of rotatable bonds is 3. The quantitative estimate of drug-likeness (QED) is 0.800. The second-order valence-electron chi connectivity index (χ2n) is 8.85. The number of para-hydroxylation sites is 1. The van der Waals surface area contributed by atoms with E-state index in [1.807, 2.05) is 12.1 Å². The molecule has 5 N–H and O–H groups in total. The van der Waals surface area contributed by atoms with Crippen LogP contribution >= 0.6 is 0 Å². The fraction of sp³-hybridized carbons (Fsp3) is 0.500. The molecule has 4 aliphatic rings. The first kappa shape index (κ1) is 15.0. The van der Waals surface area contributed by atoms with E-state index in [-0.39, 0.29) is 17.2 Å². The van der Waals surface area contributed by atoms with Gasteiger partial charge in [-0.15, -0.1) is 0 Å². The predicted molar refractivity (Wildman–Crippen MR) is 94.4 cm³/mol. The van der Waals surface area contributed by atoms with Crippen LogP contribution < -0.4 is 11.5 Å². The molecule has 2 unspecified atom stereocenters. The largest absolute Gasteiger partial charge is 0.369 e. The van der Waals surface area contributed by atoms with E-state index in [1.54, 1.807) is 0 Å². The average molecular weight is 337 g/mol. The maximum atomic E-state index is 12.4. The summed E-state index contributed by atoms with van der Waals surface area (Å²) in [6.45, 7) is 0. The Kier molecular flexibility index (Phi) is 2.67. The van der Waals surface area contributed by atoms with Gasteiger partial charge >= 0.3 is 0 Å². The molecular formula is C20H23N3O2. The Morgan fingerprint density at radius 3 is 2.20 bits per heavy atom. The number of nitrogens with two attached hydrogens (primary N) is 2. The molecule has 5 heteroatoms. The molecule has 25 heavy (non-hydrogen) atoms. The highest BCUT2D eigenvalue weighted by molar-refractivity contribution is 5.87. The minimum Gasteiger partial charge on any atom is -0.369 e. The highest BCUT2D eigenvalue weighted by atomic mass is 16.2. The summed E-state index contributed by atoms with van der Waals surface area (Å²) in [5.74, 6) is -0.187. The van der Waals surface area contributed by atoms with E-state index in [4.69, 9.17) is 11.5 Å². The maximum Gasteiger partial charge on any atom is 0.223 e. The van der Waals surface area contributed by atoms with Gasteiger partial charge in [-0.2, -0.15) is 0 Å². The first-order valence-corrected chi connectivity index (χ1v) is 9.05. The number of carbonyl (C=O) groups excluding carboxylic acids is 2. The van der Waals surface area contributed by atoms with Crippen LogP contribution in [0.4, 0.5) is 0 Å². The smallest absolute Gasteiger partial charge is 0.223 e. The highest BCUT2D eigenvalue weighted by Gasteiger charge is 2.67. The molecule has 1 aromatic heterocycles. The summed E-state index contributed by atoms with van der Waals surface area (Å²) in [4.78, 5) is 28.4. The number of H-pyrrole nitrogens is 1. The first-order valence-electron chi connectivity index (χ1n) is 9.05. The number of hydrogen-bond donors (Lipinski definition) is 3. The Morgan fingerprint density at radius 2 is 1.60 bits per heavy atom. The molecule has 130 valence electrons. The van der Waals surface area contributed by atoms with Gasteiger partial charge in [0.2, 0.25) is 11.8 Å². The van der Waals surface area contributed by atoms with E-state index in [2.05, 4.69) is 23.2 Å². The lowest BCUT2D eigenvalue weighted by Crippen LogP contribution is -2.65. The van der Waals surface area contributed by atoms with Crippen molar-refractivity contribution in [2.75, 3.05) is 0 Å². The minimum atomic E-state index is -0.592. The number of carbonyl (C=O) groups is 2. The second kappa shape index (κ2) is 4.45. The zero-order chi connectivity index (χ0) is 17.4. The van der Waals surface area contributed by atoms with E-state index in [0.717, 1.165) is 48.7 Å². The van der Waals surface area contributed by atoms with Gasteiger partial charge in [0.1, 0.15) is 0 Å². The molecule has 5 nitrogen and oxygen atoms in total. The monoisotopic (exact) mass is 337 g/mol. The molecule has 0 spiro atoms. The number of aromatic amines is 1. The number of fused-ring (bicyclic) bond motifs is 1. The van der Waals surface area contributed by atoms with Crippen LogP contribution in [0.3, 0.4) is 0 Å². The van der Waals surface area contributed by atoms with E-state index in [1.165, 1.54) is 0 Å². The molecule has 0 aliphatic heterocycles. The van der Waals surface area contributed by atoms with Gasteiger partial charge < -0.3 is 16.5 Å². The molecule has 4 fully saturated rings. The van der Waals surface area contributed by atoms with Gasteiger partial charge in [-0.3, -0.25) is 9.59 Å². The summed E-state index contributed by atoms with van der Waals surface area (Å²) in [7, 11) is 0. The van der Waals surface area contributed by atoms with Crippen molar-refractivity contribution in [2.45, 2.75) is 43.9 Å². The lowest BCUT2D eigenvalue weighted by molar-refractivity contribution is -0.168. The van der Waals surface area contributed by atoms with Gasteiger partial charge in [-0.05, 0) is 62.0 Å². The Hall–Kier alpha value is -2.30. The molecule has 2 amide bonds. The van der Waals surface area contributed by atoms with Crippen LogP contribution in [0.2, 0.25) is 0 Å². The van der Waals surface area contributed by atoms with Crippen LogP contribution in [-0.2, 0) is 15.0 Å². The number of hydrogen-bond acceptors (Lipinski definition) is 2. The van der Waals surface area contributed by atoms with E-state index >= 15 is 0 Å². The van der Waals surface area contributed by atoms with Crippen LogP contribution in [0.1, 0.15) is 44.2 Å². The fourth-order valence-electron chi connectivity index (χ4n) is 6.65. The lowest BCUT2D eigenvalue weighted by atomic mass is 9.38. The molecular weight excluding hydrogens is 314 g/mol. The van der Waals surface area contributed by atoms with Crippen molar-refractivity contribution in [1.29, 1.82) is 0 Å². The first-order chi connectivity index (χ1) is 11.9. The fourth-order valence-corrected chi connectivity index (χ4v) is 6.65. The van der Waals surface area contributed by atoms with Gasteiger partial charge in [0.05, 0.1) is 10.8 Å². The zero-order valence-electron chi connectivity index (χ0n) is 14.2. The van der Waals surface area contributed by atoms with Crippen LogP contribution in [0, 0.1) is 16.7 Å². The zero-order valence-corrected chi connectivity index (χ0v) is 14.2. The molecule has 6 rings (SSSR count). The third-order valence-corrected chi connectivity index (χ3v) is 7.22. The molecule has 0 radical (unpaired) electrons. The summed E-state index contributed by atoms with van der Waals surface area (Å²) in [6.07, 6.45) is 4.60. The van der Waals surface area contributed by atoms with Gasteiger partial charge in [0, 0.05) is 16.6 Å². The molecule has 1 heterocycles. The molecule has 4 saturated carbocycles. The van der Waals surface area contributed by atoms with Crippen LogP contribution in [0.15, 0.2) is 30.3 Å².